The Hall–Kier alpha value is -1.26. The second-order valence-corrected chi connectivity index (χ2v) is 4.75. The molecule has 2 rings (SSSR count). The summed E-state index contributed by atoms with van der Waals surface area (Å²) in [5.41, 5.74) is 0. The minimum Gasteiger partial charge on any atom is -0.481 e. The molecule has 2 amide bonds. The van der Waals surface area contributed by atoms with E-state index in [1.807, 2.05) is 7.05 Å². The quantitative estimate of drug-likeness (QED) is 0.764. The van der Waals surface area contributed by atoms with Crippen LogP contribution in [0.2, 0.25) is 0 Å². The normalized spacial score (nSPS) is 25.3. The van der Waals surface area contributed by atoms with Crippen molar-refractivity contribution in [3.05, 3.63) is 0 Å². The lowest BCUT2D eigenvalue weighted by atomic mass is 9.99. The maximum atomic E-state index is 12.0. The number of hydrogen-bond donors (Lipinski definition) is 1. The number of nitrogens with zero attached hydrogens (tertiary/aromatic N) is 2. The Morgan fingerprint density at radius 1 is 1.31 bits per heavy atom. The van der Waals surface area contributed by atoms with Gasteiger partial charge in [0.2, 0.25) is 0 Å². The van der Waals surface area contributed by atoms with Crippen LogP contribution in [0.3, 0.4) is 0 Å². The first kappa shape index (κ1) is 11.2. The van der Waals surface area contributed by atoms with E-state index in [-0.39, 0.29) is 11.9 Å². The van der Waals surface area contributed by atoms with E-state index in [0.717, 1.165) is 19.3 Å². The molecule has 16 heavy (non-hydrogen) atoms. The van der Waals surface area contributed by atoms with Gasteiger partial charge < -0.3 is 14.9 Å². The summed E-state index contributed by atoms with van der Waals surface area (Å²) in [5.74, 6) is -1.17. The molecule has 1 heterocycles. The topological polar surface area (TPSA) is 60.9 Å². The summed E-state index contributed by atoms with van der Waals surface area (Å²) < 4.78 is 0. The van der Waals surface area contributed by atoms with E-state index in [4.69, 9.17) is 5.11 Å². The molecule has 0 aromatic rings. The lowest BCUT2D eigenvalue weighted by molar-refractivity contribution is -0.143. The van der Waals surface area contributed by atoms with E-state index >= 15 is 0 Å². The van der Waals surface area contributed by atoms with Gasteiger partial charge in [-0.25, -0.2) is 4.79 Å². The standard InChI is InChI=1S/C11H18N2O3/c1-12(9-4-5-9)11(16)13-6-2-3-8(7-13)10(14)15/h8-9H,2-7H2,1H3,(H,14,15)/t8-/m0/s1. The Balaban J connectivity index is 1.92. The smallest absolute Gasteiger partial charge is 0.320 e. The van der Waals surface area contributed by atoms with Crippen LogP contribution in [0.25, 0.3) is 0 Å². The van der Waals surface area contributed by atoms with Crippen molar-refractivity contribution in [2.75, 3.05) is 20.1 Å². The monoisotopic (exact) mass is 226 g/mol. The van der Waals surface area contributed by atoms with Crippen molar-refractivity contribution in [3.8, 4) is 0 Å². The molecule has 1 N–H and O–H groups in total. The van der Waals surface area contributed by atoms with Gasteiger partial charge in [-0.2, -0.15) is 0 Å². The van der Waals surface area contributed by atoms with Crippen LogP contribution in [0, 0.1) is 5.92 Å². The van der Waals surface area contributed by atoms with Gasteiger partial charge in [0.05, 0.1) is 5.92 Å². The van der Waals surface area contributed by atoms with Crippen molar-refractivity contribution in [2.45, 2.75) is 31.7 Å². The summed E-state index contributed by atoms with van der Waals surface area (Å²) in [6.45, 7) is 1.06. The third-order valence-electron chi connectivity index (χ3n) is 3.44. The molecule has 0 aromatic carbocycles. The van der Waals surface area contributed by atoms with Gasteiger partial charge in [-0.15, -0.1) is 0 Å². The molecule has 1 saturated heterocycles. The molecule has 1 saturated carbocycles. The van der Waals surface area contributed by atoms with E-state index in [9.17, 15) is 9.59 Å². The highest BCUT2D eigenvalue weighted by Gasteiger charge is 2.35. The summed E-state index contributed by atoms with van der Waals surface area (Å²) in [6.07, 6.45) is 3.64. The maximum absolute atomic E-state index is 12.0. The van der Waals surface area contributed by atoms with Crippen molar-refractivity contribution in [2.24, 2.45) is 5.92 Å². The fourth-order valence-corrected chi connectivity index (χ4v) is 2.19. The number of carboxylic acid groups (broad SMARTS) is 1. The number of urea groups is 1. The van der Waals surface area contributed by atoms with Crippen LogP contribution >= 0.6 is 0 Å². The number of carbonyl (C=O) groups is 2. The van der Waals surface area contributed by atoms with Gasteiger partial charge in [0.1, 0.15) is 0 Å². The fourth-order valence-electron chi connectivity index (χ4n) is 2.19. The highest BCUT2D eigenvalue weighted by Crippen LogP contribution is 2.27. The molecule has 0 spiro atoms. The molecule has 0 radical (unpaired) electrons. The van der Waals surface area contributed by atoms with E-state index in [2.05, 4.69) is 0 Å². The summed E-state index contributed by atoms with van der Waals surface area (Å²) in [6, 6.07) is 0.381. The van der Waals surface area contributed by atoms with Crippen LogP contribution in [0.4, 0.5) is 4.79 Å². The summed E-state index contributed by atoms with van der Waals surface area (Å²) >= 11 is 0. The molecular formula is C11H18N2O3. The van der Waals surface area contributed by atoms with Gasteiger partial charge in [0.15, 0.2) is 0 Å². The van der Waals surface area contributed by atoms with Crippen LogP contribution in [0.1, 0.15) is 25.7 Å². The van der Waals surface area contributed by atoms with Gasteiger partial charge in [-0.05, 0) is 25.7 Å². The maximum Gasteiger partial charge on any atom is 0.320 e. The number of amides is 2. The number of likely N-dealkylation sites (tertiary alicyclic amines) is 1. The highest BCUT2D eigenvalue weighted by atomic mass is 16.4. The van der Waals surface area contributed by atoms with Crippen molar-refractivity contribution < 1.29 is 14.7 Å². The number of piperidine rings is 1. The Kier molecular flexibility index (Phi) is 3.03. The van der Waals surface area contributed by atoms with Gasteiger partial charge in [-0.1, -0.05) is 0 Å². The van der Waals surface area contributed by atoms with Crippen LogP contribution in [0.5, 0.6) is 0 Å². The number of carbonyl (C=O) groups excluding carboxylic acids is 1. The van der Waals surface area contributed by atoms with E-state index < -0.39 is 5.97 Å². The molecule has 2 fully saturated rings. The largest absolute Gasteiger partial charge is 0.481 e. The number of hydrogen-bond acceptors (Lipinski definition) is 2. The molecule has 0 unspecified atom stereocenters. The average molecular weight is 226 g/mol. The number of carboxylic acids is 1. The SMILES string of the molecule is CN(C(=O)N1CCC[C@H](C(=O)O)C1)C1CC1. The zero-order valence-corrected chi connectivity index (χ0v) is 9.56. The minimum atomic E-state index is -0.786. The summed E-state index contributed by atoms with van der Waals surface area (Å²) in [7, 11) is 1.81. The molecule has 2 aliphatic rings. The van der Waals surface area contributed by atoms with Crippen molar-refractivity contribution in [1.29, 1.82) is 0 Å². The predicted octanol–water partition coefficient (Wildman–Crippen LogP) is 0.997. The van der Waals surface area contributed by atoms with Crippen LogP contribution in [-0.2, 0) is 4.79 Å². The molecule has 5 heteroatoms. The molecule has 0 aromatic heterocycles. The fraction of sp³-hybridized carbons (Fsp3) is 0.818. The van der Waals surface area contributed by atoms with Gasteiger partial charge in [0, 0.05) is 26.2 Å². The van der Waals surface area contributed by atoms with E-state index in [1.165, 1.54) is 0 Å². The molecule has 5 nitrogen and oxygen atoms in total. The second-order valence-electron chi connectivity index (χ2n) is 4.75. The lowest BCUT2D eigenvalue weighted by Crippen LogP contribution is -2.48. The Bertz CT molecular complexity index is 302. The Morgan fingerprint density at radius 2 is 2.00 bits per heavy atom. The summed E-state index contributed by atoms with van der Waals surface area (Å²) in [5, 5.41) is 8.95. The van der Waals surface area contributed by atoms with Crippen molar-refractivity contribution in [3.63, 3.8) is 0 Å². The van der Waals surface area contributed by atoms with Gasteiger partial charge in [0.25, 0.3) is 0 Å². The van der Waals surface area contributed by atoms with Gasteiger partial charge >= 0.3 is 12.0 Å². The number of rotatable bonds is 2. The van der Waals surface area contributed by atoms with Gasteiger partial charge in [-0.3, -0.25) is 4.79 Å². The molecule has 1 aliphatic heterocycles. The highest BCUT2D eigenvalue weighted by molar-refractivity contribution is 5.77. The lowest BCUT2D eigenvalue weighted by Gasteiger charge is -2.33. The Morgan fingerprint density at radius 3 is 2.56 bits per heavy atom. The Labute approximate surface area is 95.0 Å². The second kappa shape index (κ2) is 4.31. The average Bonchev–Trinajstić information content (AvgIpc) is 3.11. The number of aliphatic carboxylic acids is 1. The first-order valence-corrected chi connectivity index (χ1v) is 5.84. The zero-order chi connectivity index (χ0) is 11.7. The van der Waals surface area contributed by atoms with E-state index in [0.29, 0.717) is 25.6 Å². The van der Waals surface area contributed by atoms with Crippen LogP contribution < -0.4 is 0 Å². The predicted molar refractivity (Wildman–Crippen MR) is 58.1 cm³/mol. The van der Waals surface area contributed by atoms with Crippen LogP contribution in [-0.4, -0.2) is 53.1 Å². The molecule has 90 valence electrons. The molecule has 1 aliphatic carbocycles. The third-order valence-corrected chi connectivity index (χ3v) is 3.44. The minimum absolute atomic E-state index is 0.00606. The molecule has 0 bridgehead atoms. The first-order chi connectivity index (χ1) is 7.59. The van der Waals surface area contributed by atoms with E-state index in [1.54, 1.807) is 9.80 Å². The summed E-state index contributed by atoms with van der Waals surface area (Å²) in [4.78, 5) is 26.3. The molecule has 1 atom stereocenters. The van der Waals surface area contributed by atoms with Crippen LogP contribution in [0.15, 0.2) is 0 Å². The zero-order valence-electron chi connectivity index (χ0n) is 9.56. The first-order valence-electron chi connectivity index (χ1n) is 5.84. The third kappa shape index (κ3) is 2.28. The van der Waals surface area contributed by atoms with Crippen molar-refractivity contribution in [1.82, 2.24) is 9.80 Å². The molecular weight excluding hydrogens is 208 g/mol. The van der Waals surface area contributed by atoms with Crippen molar-refractivity contribution >= 4 is 12.0 Å².